The summed E-state index contributed by atoms with van der Waals surface area (Å²) in [5.41, 5.74) is 1.95. The van der Waals surface area contributed by atoms with Crippen LogP contribution < -0.4 is 10.9 Å². The lowest BCUT2D eigenvalue weighted by Crippen LogP contribution is -2.24. The maximum Gasteiger partial charge on any atom is 0.275 e. The highest BCUT2D eigenvalue weighted by molar-refractivity contribution is 5.35. The fourth-order valence-electron chi connectivity index (χ4n) is 1.99. The van der Waals surface area contributed by atoms with E-state index in [9.17, 15) is 9.90 Å². The zero-order valence-electron chi connectivity index (χ0n) is 12.5. The van der Waals surface area contributed by atoms with Gasteiger partial charge in [-0.1, -0.05) is 31.0 Å². The third kappa shape index (κ3) is 3.92. The molecule has 1 aromatic heterocycles. The number of hydrogen-bond donors (Lipinski definition) is 2. The monoisotopic (exact) mass is 287 g/mol. The highest BCUT2D eigenvalue weighted by Crippen LogP contribution is 2.13. The van der Waals surface area contributed by atoms with E-state index in [2.05, 4.69) is 17.3 Å². The molecule has 5 heteroatoms. The zero-order valence-corrected chi connectivity index (χ0v) is 12.5. The van der Waals surface area contributed by atoms with Gasteiger partial charge in [0.1, 0.15) is 11.4 Å². The SMILES string of the molecule is CCCCNCc1nn(-c2ccc(C)cc2)c(=O)cc1O. The van der Waals surface area contributed by atoms with E-state index in [0.717, 1.165) is 24.9 Å². The Bertz CT molecular complexity index is 648. The fourth-order valence-corrected chi connectivity index (χ4v) is 1.99. The lowest BCUT2D eigenvalue weighted by molar-refractivity contribution is 0.451. The van der Waals surface area contributed by atoms with Crippen molar-refractivity contribution in [3.05, 3.63) is 51.9 Å². The van der Waals surface area contributed by atoms with Crippen LogP contribution in [0.5, 0.6) is 5.75 Å². The average Bonchev–Trinajstić information content (AvgIpc) is 2.47. The second-order valence-corrected chi connectivity index (χ2v) is 5.09. The number of aromatic hydroxyl groups is 1. The van der Waals surface area contributed by atoms with E-state index >= 15 is 0 Å². The van der Waals surface area contributed by atoms with Crippen LogP contribution in [0.1, 0.15) is 31.0 Å². The van der Waals surface area contributed by atoms with Gasteiger partial charge in [0.25, 0.3) is 5.56 Å². The molecule has 0 radical (unpaired) electrons. The molecule has 2 N–H and O–H groups in total. The summed E-state index contributed by atoms with van der Waals surface area (Å²) in [6.07, 6.45) is 2.17. The molecule has 21 heavy (non-hydrogen) atoms. The maximum absolute atomic E-state index is 12.0. The number of hydrogen-bond acceptors (Lipinski definition) is 4. The number of aryl methyl sites for hydroxylation is 1. The normalized spacial score (nSPS) is 10.8. The maximum atomic E-state index is 12.0. The van der Waals surface area contributed by atoms with Crippen LogP contribution in [0.4, 0.5) is 0 Å². The summed E-state index contributed by atoms with van der Waals surface area (Å²) < 4.78 is 1.32. The van der Waals surface area contributed by atoms with Crippen molar-refractivity contribution in [3.8, 4) is 11.4 Å². The number of benzene rings is 1. The fraction of sp³-hybridized carbons (Fsp3) is 0.375. The first-order valence-corrected chi connectivity index (χ1v) is 7.22. The Kier molecular flexibility index (Phi) is 5.11. The summed E-state index contributed by atoms with van der Waals surface area (Å²) in [6.45, 7) is 5.41. The number of nitrogens with one attached hydrogen (secondary N) is 1. The van der Waals surface area contributed by atoms with Crippen LogP contribution in [-0.2, 0) is 6.54 Å². The molecule has 0 spiro atoms. The number of unbranched alkanes of at least 4 members (excludes halogenated alkanes) is 1. The molecule has 0 aliphatic rings. The van der Waals surface area contributed by atoms with E-state index in [1.54, 1.807) is 0 Å². The topological polar surface area (TPSA) is 67.2 Å². The van der Waals surface area contributed by atoms with Gasteiger partial charge in [-0.2, -0.15) is 9.78 Å². The highest BCUT2D eigenvalue weighted by Gasteiger charge is 2.09. The van der Waals surface area contributed by atoms with Gasteiger partial charge in [0.15, 0.2) is 0 Å². The van der Waals surface area contributed by atoms with E-state index < -0.39 is 0 Å². The van der Waals surface area contributed by atoms with Gasteiger partial charge >= 0.3 is 0 Å². The smallest absolute Gasteiger partial charge is 0.275 e. The molecule has 0 unspecified atom stereocenters. The minimum Gasteiger partial charge on any atom is -0.506 e. The molecule has 0 bridgehead atoms. The molecule has 0 aliphatic heterocycles. The first-order valence-electron chi connectivity index (χ1n) is 7.22. The van der Waals surface area contributed by atoms with Gasteiger partial charge in [-0.25, -0.2) is 0 Å². The van der Waals surface area contributed by atoms with Crippen LogP contribution >= 0.6 is 0 Å². The molecule has 1 aromatic carbocycles. The van der Waals surface area contributed by atoms with Gasteiger partial charge < -0.3 is 10.4 Å². The molecule has 0 saturated carbocycles. The van der Waals surface area contributed by atoms with E-state index in [4.69, 9.17) is 0 Å². The lowest BCUT2D eigenvalue weighted by atomic mass is 10.2. The van der Waals surface area contributed by atoms with Crippen LogP contribution in [0.25, 0.3) is 5.69 Å². The molecule has 0 saturated heterocycles. The largest absolute Gasteiger partial charge is 0.506 e. The highest BCUT2D eigenvalue weighted by atomic mass is 16.3. The van der Waals surface area contributed by atoms with E-state index in [0.29, 0.717) is 17.9 Å². The first-order chi connectivity index (χ1) is 10.1. The predicted octanol–water partition coefficient (Wildman–Crippen LogP) is 2.14. The Balaban J connectivity index is 2.25. The molecular formula is C16H21N3O2. The summed E-state index contributed by atoms with van der Waals surface area (Å²) in [5, 5.41) is 17.3. The van der Waals surface area contributed by atoms with Crippen LogP contribution in [0.3, 0.4) is 0 Å². The summed E-state index contributed by atoms with van der Waals surface area (Å²) in [7, 11) is 0. The molecule has 0 amide bonds. The Hall–Kier alpha value is -2.14. The Morgan fingerprint density at radius 1 is 1.29 bits per heavy atom. The first kappa shape index (κ1) is 15.3. The molecule has 5 nitrogen and oxygen atoms in total. The van der Waals surface area contributed by atoms with Crippen molar-refractivity contribution in [2.45, 2.75) is 33.2 Å². The van der Waals surface area contributed by atoms with E-state index in [1.807, 2.05) is 31.2 Å². The number of aromatic nitrogens is 2. The molecule has 2 rings (SSSR count). The van der Waals surface area contributed by atoms with E-state index in [-0.39, 0.29) is 11.3 Å². The molecular weight excluding hydrogens is 266 g/mol. The Labute approximate surface area is 124 Å². The van der Waals surface area contributed by atoms with Gasteiger partial charge in [0.05, 0.1) is 5.69 Å². The van der Waals surface area contributed by atoms with Gasteiger partial charge in [0, 0.05) is 12.6 Å². The summed E-state index contributed by atoms with van der Waals surface area (Å²) in [4.78, 5) is 12.0. The second kappa shape index (κ2) is 7.04. The van der Waals surface area contributed by atoms with Crippen molar-refractivity contribution in [1.29, 1.82) is 0 Å². The third-order valence-corrected chi connectivity index (χ3v) is 3.26. The van der Waals surface area contributed by atoms with Gasteiger partial charge in [-0.05, 0) is 32.0 Å². The summed E-state index contributed by atoms with van der Waals surface area (Å²) in [6, 6.07) is 8.75. The molecule has 1 heterocycles. The summed E-state index contributed by atoms with van der Waals surface area (Å²) >= 11 is 0. The molecule has 2 aromatic rings. The molecule has 0 atom stereocenters. The van der Waals surface area contributed by atoms with Crippen molar-refractivity contribution >= 4 is 0 Å². The molecule has 0 aliphatic carbocycles. The molecule has 112 valence electrons. The van der Waals surface area contributed by atoms with Crippen LogP contribution in [0.2, 0.25) is 0 Å². The van der Waals surface area contributed by atoms with Crippen LogP contribution in [-0.4, -0.2) is 21.4 Å². The quantitative estimate of drug-likeness (QED) is 0.799. The van der Waals surface area contributed by atoms with Gasteiger partial charge in [0.2, 0.25) is 0 Å². The second-order valence-electron chi connectivity index (χ2n) is 5.09. The van der Waals surface area contributed by atoms with Crippen molar-refractivity contribution in [2.24, 2.45) is 0 Å². The Morgan fingerprint density at radius 2 is 2.00 bits per heavy atom. The van der Waals surface area contributed by atoms with Crippen LogP contribution in [0.15, 0.2) is 35.1 Å². The van der Waals surface area contributed by atoms with Crippen molar-refractivity contribution in [1.82, 2.24) is 15.1 Å². The lowest BCUT2D eigenvalue weighted by Gasteiger charge is -2.10. The van der Waals surface area contributed by atoms with Crippen molar-refractivity contribution < 1.29 is 5.11 Å². The van der Waals surface area contributed by atoms with Crippen molar-refractivity contribution in [2.75, 3.05) is 6.54 Å². The van der Waals surface area contributed by atoms with E-state index in [1.165, 1.54) is 10.7 Å². The average molecular weight is 287 g/mol. The minimum atomic E-state index is -0.339. The molecule has 0 fully saturated rings. The van der Waals surface area contributed by atoms with Crippen molar-refractivity contribution in [3.63, 3.8) is 0 Å². The number of rotatable bonds is 6. The Morgan fingerprint density at radius 3 is 2.67 bits per heavy atom. The summed E-state index contributed by atoms with van der Waals surface area (Å²) in [5.74, 6) is -0.0626. The standard InChI is InChI=1S/C16H21N3O2/c1-3-4-9-17-11-14-15(20)10-16(21)19(18-14)13-7-5-12(2)6-8-13/h5-8,10,17,20H,3-4,9,11H2,1-2H3. The van der Waals surface area contributed by atoms with Gasteiger partial charge in [-0.15, -0.1) is 0 Å². The minimum absolute atomic E-state index is 0.0626. The number of nitrogens with zero attached hydrogens (tertiary/aromatic N) is 2. The predicted molar refractivity (Wildman–Crippen MR) is 82.9 cm³/mol. The van der Waals surface area contributed by atoms with Gasteiger partial charge in [-0.3, -0.25) is 4.79 Å². The zero-order chi connectivity index (χ0) is 15.2. The third-order valence-electron chi connectivity index (χ3n) is 3.26. The van der Waals surface area contributed by atoms with Crippen LogP contribution in [0, 0.1) is 6.92 Å².